The number of hydrogen-bond acceptors (Lipinski definition) is 4. The smallest absolute Gasteiger partial charge is 0.390 e. The average Bonchev–Trinajstić information content (AvgIpc) is 3.37. The van der Waals surface area contributed by atoms with Gasteiger partial charge in [-0.25, -0.2) is 0 Å². The Bertz CT molecular complexity index is 1240. The first kappa shape index (κ1) is 23.0. The lowest BCUT2D eigenvalue weighted by molar-refractivity contribution is -0.137. The largest absolute Gasteiger partial charge is 0.480 e. The third-order valence-corrected chi connectivity index (χ3v) is 6.61. The predicted octanol–water partition coefficient (Wildman–Crippen LogP) is 5.35. The van der Waals surface area contributed by atoms with Crippen LogP contribution in [0.5, 0.6) is 5.75 Å². The highest BCUT2D eigenvalue weighted by atomic mass is 35.5. The summed E-state index contributed by atoms with van der Waals surface area (Å²) >= 11 is 12.4. The van der Waals surface area contributed by atoms with Gasteiger partial charge in [0.2, 0.25) is 0 Å². The van der Waals surface area contributed by atoms with Gasteiger partial charge in [0.15, 0.2) is 18.2 Å². The molecule has 0 bridgehead atoms. The first-order valence-electron chi connectivity index (χ1n) is 10.7. The van der Waals surface area contributed by atoms with Crippen molar-refractivity contribution in [3.05, 3.63) is 69.2 Å². The van der Waals surface area contributed by atoms with E-state index in [-0.39, 0.29) is 42.4 Å². The Balaban J connectivity index is 1.49. The van der Waals surface area contributed by atoms with Gasteiger partial charge in [-0.3, -0.25) is 9.69 Å². The molecule has 1 amide bonds. The fraction of sp³-hybridized carbons (Fsp3) is 0.348. The number of aromatic nitrogens is 3. The number of fused-ring (bicyclic) bond motifs is 2. The van der Waals surface area contributed by atoms with Gasteiger partial charge in [-0.1, -0.05) is 47.5 Å². The van der Waals surface area contributed by atoms with Crippen molar-refractivity contribution < 1.29 is 22.7 Å². The molecule has 11 heteroatoms. The zero-order valence-corrected chi connectivity index (χ0v) is 19.3. The standard InChI is InChI=1S/C23H19Cl2F3N4O2/c24-16-9-17(25)21-18(10-16)32(20(33)12-34-21)11-19-29-30-22(31(19)6-5-23(26,27)28)15-7-13-3-1-2-4-14(13)8-15/h1-4,9-10,15H,5-8,11-12H2. The number of amides is 1. The van der Waals surface area contributed by atoms with E-state index in [1.165, 1.54) is 21.6 Å². The summed E-state index contributed by atoms with van der Waals surface area (Å²) in [4.78, 5) is 14.1. The van der Waals surface area contributed by atoms with Gasteiger partial charge in [-0.15, -0.1) is 10.2 Å². The minimum atomic E-state index is -4.35. The molecule has 1 aromatic heterocycles. The Morgan fingerprint density at radius 2 is 1.79 bits per heavy atom. The Kier molecular flexibility index (Phi) is 5.93. The number of carbonyl (C=O) groups is 1. The highest BCUT2D eigenvalue weighted by Crippen LogP contribution is 2.41. The van der Waals surface area contributed by atoms with E-state index in [1.807, 2.05) is 24.3 Å². The third kappa shape index (κ3) is 4.46. The van der Waals surface area contributed by atoms with Crippen molar-refractivity contribution in [1.82, 2.24) is 14.8 Å². The van der Waals surface area contributed by atoms with Crippen LogP contribution < -0.4 is 9.64 Å². The van der Waals surface area contributed by atoms with Gasteiger partial charge in [0.05, 0.1) is 23.7 Å². The molecule has 1 aliphatic heterocycles. The van der Waals surface area contributed by atoms with Gasteiger partial charge in [-0.05, 0) is 36.1 Å². The summed E-state index contributed by atoms with van der Waals surface area (Å²) in [6.45, 7) is -0.679. The van der Waals surface area contributed by atoms with E-state index < -0.39 is 12.6 Å². The van der Waals surface area contributed by atoms with Gasteiger partial charge in [0, 0.05) is 17.5 Å². The molecular formula is C23H19Cl2F3N4O2. The van der Waals surface area contributed by atoms with Crippen molar-refractivity contribution in [2.75, 3.05) is 11.5 Å². The topological polar surface area (TPSA) is 60.2 Å². The summed E-state index contributed by atoms with van der Waals surface area (Å²) in [5.41, 5.74) is 2.65. The summed E-state index contributed by atoms with van der Waals surface area (Å²) in [7, 11) is 0. The molecule has 0 fully saturated rings. The first-order valence-corrected chi connectivity index (χ1v) is 11.4. The normalized spacial score (nSPS) is 15.9. The highest BCUT2D eigenvalue weighted by Gasteiger charge is 2.34. The highest BCUT2D eigenvalue weighted by molar-refractivity contribution is 6.36. The number of rotatable bonds is 5. The Labute approximate surface area is 203 Å². The van der Waals surface area contributed by atoms with Crippen LogP contribution in [0.25, 0.3) is 0 Å². The summed E-state index contributed by atoms with van der Waals surface area (Å²) in [6, 6.07) is 11.0. The third-order valence-electron chi connectivity index (χ3n) is 6.11. The minimum Gasteiger partial charge on any atom is -0.480 e. The molecule has 2 heterocycles. The quantitative estimate of drug-likeness (QED) is 0.464. The van der Waals surface area contributed by atoms with Crippen molar-refractivity contribution >= 4 is 34.8 Å². The van der Waals surface area contributed by atoms with Crippen LogP contribution in [0.1, 0.15) is 35.1 Å². The van der Waals surface area contributed by atoms with Gasteiger partial charge in [-0.2, -0.15) is 13.2 Å². The number of benzene rings is 2. The summed E-state index contributed by atoms with van der Waals surface area (Å²) in [5, 5.41) is 9.04. The lowest BCUT2D eigenvalue weighted by Crippen LogP contribution is -2.39. The maximum absolute atomic E-state index is 13.1. The minimum absolute atomic E-state index is 0.0869. The van der Waals surface area contributed by atoms with Crippen LogP contribution in [0, 0.1) is 0 Å². The second kappa shape index (κ2) is 8.78. The first-order chi connectivity index (χ1) is 16.2. The predicted molar refractivity (Wildman–Crippen MR) is 120 cm³/mol. The summed E-state index contributed by atoms with van der Waals surface area (Å²) < 4.78 is 46.4. The Hall–Kier alpha value is -2.78. The number of nitrogens with zero attached hydrogens (tertiary/aromatic N) is 4. The molecule has 178 valence electrons. The maximum Gasteiger partial charge on any atom is 0.390 e. The molecule has 34 heavy (non-hydrogen) atoms. The van der Waals surface area contributed by atoms with E-state index in [0.29, 0.717) is 35.1 Å². The number of carbonyl (C=O) groups excluding carboxylic acids is 1. The number of alkyl halides is 3. The Morgan fingerprint density at radius 3 is 2.47 bits per heavy atom. The SMILES string of the molecule is O=C1COc2c(Cl)cc(Cl)cc2N1Cc1nnc(C2Cc3ccccc3C2)n1CCC(F)(F)F. The number of anilines is 1. The Morgan fingerprint density at radius 1 is 1.09 bits per heavy atom. The zero-order chi connectivity index (χ0) is 24.0. The summed E-state index contributed by atoms with van der Waals surface area (Å²) in [6.07, 6.45) is -4.04. The molecule has 0 atom stereocenters. The van der Waals surface area contributed by atoms with Crippen LogP contribution in [0.4, 0.5) is 18.9 Å². The van der Waals surface area contributed by atoms with Crippen molar-refractivity contribution in [2.24, 2.45) is 0 Å². The monoisotopic (exact) mass is 510 g/mol. The molecule has 0 saturated heterocycles. The molecule has 2 aromatic carbocycles. The number of hydrogen-bond donors (Lipinski definition) is 0. The second-order valence-corrected chi connectivity index (χ2v) is 9.21. The molecule has 1 aliphatic carbocycles. The fourth-order valence-electron chi connectivity index (χ4n) is 4.54. The van der Waals surface area contributed by atoms with Gasteiger partial charge in [0.25, 0.3) is 5.91 Å². The van der Waals surface area contributed by atoms with Crippen LogP contribution in [0.3, 0.4) is 0 Å². The van der Waals surface area contributed by atoms with E-state index in [9.17, 15) is 18.0 Å². The van der Waals surface area contributed by atoms with Crippen LogP contribution in [-0.2, 0) is 30.7 Å². The average molecular weight is 511 g/mol. The molecule has 3 aromatic rings. The van der Waals surface area contributed by atoms with Crippen molar-refractivity contribution in [3.63, 3.8) is 0 Å². The molecule has 5 rings (SSSR count). The number of ether oxygens (including phenoxy) is 1. The molecule has 0 N–H and O–H groups in total. The zero-order valence-electron chi connectivity index (χ0n) is 17.8. The van der Waals surface area contributed by atoms with Gasteiger partial charge < -0.3 is 9.30 Å². The summed E-state index contributed by atoms with van der Waals surface area (Å²) in [5.74, 6) is 0.556. The van der Waals surface area contributed by atoms with E-state index in [1.54, 1.807) is 0 Å². The van der Waals surface area contributed by atoms with Gasteiger partial charge in [0.1, 0.15) is 5.82 Å². The molecule has 2 aliphatic rings. The van der Waals surface area contributed by atoms with E-state index >= 15 is 0 Å². The fourth-order valence-corrected chi connectivity index (χ4v) is 5.08. The molecule has 0 unspecified atom stereocenters. The van der Waals surface area contributed by atoms with E-state index in [4.69, 9.17) is 27.9 Å². The lowest BCUT2D eigenvalue weighted by Gasteiger charge is -2.30. The molecule has 6 nitrogen and oxygen atoms in total. The van der Waals surface area contributed by atoms with Crippen molar-refractivity contribution in [3.8, 4) is 5.75 Å². The molecule has 0 spiro atoms. The van der Waals surface area contributed by atoms with E-state index in [2.05, 4.69) is 10.2 Å². The number of halogens is 5. The van der Waals surface area contributed by atoms with Crippen molar-refractivity contribution in [2.45, 2.75) is 44.4 Å². The van der Waals surface area contributed by atoms with Crippen molar-refractivity contribution in [1.29, 1.82) is 0 Å². The van der Waals surface area contributed by atoms with Crippen LogP contribution >= 0.6 is 23.2 Å². The maximum atomic E-state index is 13.1. The van der Waals surface area contributed by atoms with E-state index in [0.717, 1.165) is 11.1 Å². The molecule has 0 saturated carbocycles. The molecular weight excluding hydrogens is 492 g/mol. The molecule has 0 radical (unpaired) electrons. The second-order valence-electron chi connectivity index (χ2n) is 8.37. The van der Waals surface area contributed by atoms with Gasteiger partial charge >= 0.3 is 6.18 Å². The van der Waals surface area contributed by atoms with Crippen LogP contribution in [-0.4, -0.2) is 33.5 Å². The van der Waals surface area contributed by atoms with Crippen LogP contribution in [0.15, 0.2) is 36.4 Å². The lowest BCUT2D eigenvalue weighted by atomic mass is 10.1. The van der Waals surface area contributed by atoms with Crippen LogP contribution in [0.2, 0.25) is 10.0 Å².